The first-order valence-corrected chi connectivity index (χ1v) is 6.96. The van der Waals surface area contributed by atoms with E-state index in [1.807, 2.05) is 18.5 Å². The highest BCUT2D eigenvalue weighted by atomic mass is 15.2. The molecule has 1 heterocycles. The largest absolute Gasteiger partial charge is 0.329 e. The maximum Gasteiger partial charge on any atom is 0.0332 e. The van der Waals surface area contributed by atoms with Gasteiger partial charge in [-0.3, -0.25) is 9.88 Å². The van der Waals surface area contributed by atoms with Gasteiger partial charge in [0, 0.05) is 31.0 Å². The lowest BCUT2D eigenvalue weighted by molar-refractivity contribution is 0.0615. The quantitative estimate of drug-likeness (QED) is 0.888. The first-order valence-electron chi connectivity index (χ1n) is 6.96. The van der Waals surface area contributed by atoms with Gasteiger partial charge in [-0.15, -0.1) is 0 Å². The minimum absolute atomic E-state index is 0.197. The third kappa shape index (κ3) is 2.90. The highest BCUT2D eigenvalue weighted by molar-refractivity contribution is 5.09. The van der Waals surface area contributed by atoms with Crippen LogP contribution in [0.5, 0.6) is 0 Å². The molecule has 0 radical (unpaired) electrons. The third-order valence-electron chi connectivity index (χ3n) is 4.54. The third-order valence-corrected chi connectivity index (χ3v) is 4.54. The van der Waals surface area contributed by atoms with Gasteiger partial charge in [0.05, 0.1) is 0 Å². The highest BCUT2D eigenvalue weighted by Gasteiger charge is 2.36. The smallest absolute Gasteiger partial charge is 0.0332 e. The van der Waals surface area contributed by atoms with Crippen molar-refractivity contribution in [1.29, 1.82) is 0 Å². The molecule has 1 saturated carbocycles. The summed E-state index contributed by atoms with van der Waals surface area (Å²) in [4.78, 5) is 6.63. The van der Waals surface area contributed by atoms with Gasteiger partial charge in [0.15, 0.2) is 0 Å². The van der Waals surface area contributed by atoms with Crippen molar-refractivity contribution in [1.82, 2.24) is 9.88 Å². The Morgan fingerprint density at radius 3 is 2.72 bits per heavy atom. The molecule has 0 bridgehead atoms. The summed E-state index contributed by atoms with van der Waals surface area (Å²) in [5.74, 6) is 0.858. The minimum atomic E-state index is 0.197. The summed E-state index contributed by atoms with van der Waals surface area (Å²) in [5.41, 5.74) is 7.55. The second kappa shape index (κ2) is 5.81. The number of likely N-dealkylation sites (N-methyl/N-ethyl adjacent to an activating group) is 1. The summed E-state index contributed by atoms with van der Waals surface area (Å²) in [6.07, 6.45) is 8.82. The van der Waals surface area contributed by atoms with Gasteiger partial charge in [-0.25, -0.2) is 0 Å². The van der Waals surface area contributed by atoms with Crippen molar-refractivity contribution in [3.63, 3.8) is 0 Å². The van der Waals surface area contributed by atoms with E-state index in [1.165, 1.54) is 31.2 Å². The van der Waals surface area contributed by atoms with Crippen LogP contribution in [0, 0.1) is 5.92 Å². The van der Waals surface area contributed by atoms with Crippen molar-refractivity contribution in [3.05, 3.63) is 30.1 Å². The standard InChI is InChI=1S/C15H25N3/c1-13-5-7-15(12-16,8-6-13)18(2)11-14-4-3-9-17-10-14/h3-4,9-10,13H,5-8,11-12,16H2,1-2H3. The first-order chi connectivity index (χ1) is 8.66. The molecule has 0 amide bonds. The first kappa shape index (κ1) is 13.5. The molecule has 1 aliphatic rings. The molecule has 1 aromatic heterocycles. The van der Waals surface area contributed by atoms with Crippen LogP contribution in [0.1, 0.15) is 38.2 Å². The second-order valence-corrected chi connectivity index (χ2v) is 5.83. The van der Waals surface area contributed by atoms with Crippen molar-refractivity contribution in [2.75, 3.05) is 13.6 Å². The number of nitrogens with two attached hydrogens (primary N) is 1. The van der Waals surface area contributed by atoms with Crippen LogP contribution in [0.25, 0.3) is 0 Å². The number of rotatable bonds is 4. The monoisotopic (exact) mass is 247 g/mol. The van der Waals surface area contributed by atoms with E-state index in [4.69, 9.17) is 5.73 Å². The molecule has 100 valence electrons. The average Bonchev–Trinajstić information content (AvgIpc) is 2.41. The molecular formula is C15H25N3. The summed E-state index contributed by atoms with van der Waals surface area (Å²) >= 11 is 0. The Morgan fingerprint density at radius 2 is 2.17 bits per heavy atom. The van der Waals surface area contributed by atoms with Crippen LogP contribution in [-0.4, -0.2) is 29.0 Å². The van der Waals surface area contributed by atoms with E-state index in [0.29, 0.717) is 0 Å². The zero-order valence-corrected chi connectivity index (χ0v) is 11.6. The summed E-state index contributed by atoms with van der Waals surface area (Å²) < 4.78 is 0. The molecule has 2 rings (SSSR count). The maximum absolute atomic E-state index is 6.08. The van der Waals surface area contributed by atoms with Crippen molar-refractivity contribution in [2.45, 2.75) is 44.7 Å². The molecule has 2 N–H and O–H groups in total. The van der Waals surface area contributed by atoms with Crippen LogP contribution < -0.4 is 5.73 Å². The fourth-order valence-electron chi connectivity index (χ4n) is 2.97. The lowest BCUT2D eigenvalue weighted by atomic mass is 9.76. The van der Waals surface area contributed by atoms with Gasteiger partial charge >= 0.3 is 0 Å². The predicted octanol–water partition coefficient (Wildman–Crippen LogP) is 2.42. The van der Waals surface area contributed by atoms with E-state index >= 15 is 0 Å². The van der Waals surface area contributed by atoms with Crippen LogP contribution in [0.2, 0.25) is 0 Å². The van der Waals surface area contributed by atoms with Crippen LogP contribution in [0.15, 0.2) is 24.5 Å². The summed E-state index contributed by atoms with van der Waals surface area (Å²) in [6.45, 7) is 4.05. The van der Waals surface area contributed by atoms with E-state index in [0.717, 1.165) is 19.0 Å². The lowest BCUT2D eigenvalue weighted by Gasteiger charge is -2.45. The van der Waals surface area contributed by atoms with Crippen molar-refractivity contribution >= 4 is 0 Å². The van der Waals surface area contributed by atoms with Gasteiger partial charge in [-0.1, -0.05) is 13.0 Å². The van der Waals surface area contributed by atoms with E-state index < -0.39 is 0 Å². The van der Waals surface area contributed by atoms with Crippen LogP contribution >= 0.6 is 0 Å². The van der Waals surface area contributed by atoms with Gasteiger partial charge in [-0.2, -0.15) is 0 Å². The van der Waals surface area contributed by atoms with Crippen molar-refractivity contribution in [2.24, 2.45) is 11.7 Å². The van der Waals surface area contributed by atoms with E-state index in [-0.39, 0.29) is 5.54 Å². The number of pyridine rings is 1. The van der Waals surface area contributed by atoms with Gasteiger partial charge in [0.2, 0.25) is 0 Å². The molecule has 3 heteroatoms. The molecule has 0 unspecified atom stereocenters. The van der Waals surface area contributed by atoms with E-state index in [2.05, 4.69) is 29.9 Å². The van der Waals surface area contributed by atoms with Gasteiger partial charge in [0.25, 0.3) is 0 Å². The fraction of sp³-hybridized carbons (Fsp3) is 0.667. The van der Waals surface area contributed by atoms with Gasteiger partial charge in [0.1, 0.15) is 0 Å². The second-order valence-electron chi connectivity index (χ2n) is 5.83. The molecule has 0 spiro atoms. The molecule has 3 nitrogen and oxygen atoms in total. The van der Waals surface area contributed by atoms with Crippen LogP contribution in [0.3, 0.4) is 0 Å². The number of nitrogens with zero attached hydrogens (tertiary/aromatic N) is 2. The van der Waals surface area contributed by atoms with Crippen molar-refractivity contribution < 1.29 is 0 Å². The topological polar surface area (TPSA) is 42.1 Å². The van der Waals surface area contributed by atoms with Crippen LogP contribution in [0.4, 0.5) is 0 Å². The average molecular weight is 247 g/mol. The Labute approximate surface area is 110 Å². The molecule has 1 fully saturated rings. The van der Waals surface area contributed by atoms with Gasteiger partial charge in [-0.05, 0) is 50.3 Å². The Balaban J connectivity index is 2.03. The lowest BCUT2D eigenvalue weighted by Crippen LogP contribution is -2.53. The molecule has 18 heavy (non-hydrogen) atoms. The molecule has 0 atom stereocenters. The van der Waals surface area contributed by atoms with Crippen molar-refractivity contribution in [3.8, 4) is 0 Å². The SMILES string of the molecule is CC1CCC(CN)(N(C)Cc2cccnc2)CC1. The van der Waals surface area contributed by atoms with E-state index in [9.17, 15) is 0 Å². The molecule has 1 aromatic rings. The Kier molecular flexibility index (Phi) is 4.36. The number of hydrogen-bond donors (Lipinski definition) is 1. The molecular weight excluding hydrogens is 222 g/mol. The number of hydrogen-bond acceptors (Lipinski definition) is 3. The number of aromatic nitrogens is 1. The Bertz CT molecular complexity index is 355. The van der Waals surface area contributed by atoms with Gasteiger partial charge < -0.3 is 5.73 Å². The summed E-state index contributed by atoms with van der Waals surface area (Å²) in [5, 5.41) is 0. The normalized spacial score (nSPS) is 28.6. The Hall–Kier alpha value is -0.930. The fourth-order valence-corrected chi connectivity index (χ4v) is 2.97. The minimum Gasteiger partial charge on any atom is -0.329 e. The maximum atomic E-state index is 6.08. The predicted molar refractivity (Wildman–Crippen MR) is 75.1 cm³/mol. The molecule has 0 aromatic carbocycles. The molecule has 0 aliphatic heterocycles. The summed E-state index contributed by atoms with van der Waals surface area (Å²) in [6, 6.07) is 4.14. The Morgan fingerprint density at radius 1 is 1.44 bits per heavy atom. The van der Waals surface area contributed by atoms with E-state index in [1.54, 1.807) is 0 Å². The molecule has 1 aliphatic carbocycles. The summed E-state index contributed by atoms with van der Waals surface area (Å²) in [7, 11) is 2.20. The molecule has 0 saturated heterocycles. The highest BCUT2D eigenvalue weighted by Crippen LogP contribution is 2.35. The zero-order chi connectivity index (χ0) is 13.0. The zero-order valence-electron chi connectivity index (χ0n) is 11.6. The van der Waals surface area contributed by atoms with Crippen LogP contribution in [-0.2, 0) is 6.54 Å².